The third kappa shape index (κ3) is 3.62. The van der Waals surface area contributed by atoms with E-state index in [1.165, 1.54) is 11.8 Å². The number of aromatic nitrogens is 2. The number of carbonyl (C=O) groups excluding carboxylic acids is 1. The van der Waals surface area contributed by atoms with Crippen LogP contribution in [-0.4, -0.2) is 50.4 Å². The van der Waals surface area contributed by atoms with E-state index in [9.17, 15) is 14.7 Å². The van der Waals surface area contributed by atoms with Gasteiger partial charge in [0.25, 0.3) is 5.56 Å². The number of fused-ring (bicyclic) bond motifs is 1. The number of nitrogens with zero attached hydrogens (tertiary/aromatic N) is 3. The molecule has 6 nitrogen and oxygen atoms in total. The highest BCUT2D eigenvalue weighted by molar-refractivity contribution is 7.99. The highest BCUT2D eigenvalue weighted by Gasteiger charge is 2.34. The summed E-state index contributed by atoms with van der Waals surface area (Å²) in [5.41, 5.74) is 1.55. The zero-order valence-electron chi connectivity index (χ0n) is 15.0. The van der Waals surface area contributed by atoms with Crippen molar-refractivity contribution in [3.63, 3.8) is 0 Å². The van der Waals surface area contributed by atoms with Gasteiger partial charge in [-0.3, -0.25) is 14.2 Å². The number of amides is 1. The molecule has 2 unspecified atom stereocenters. The van der Waals surface area contributed by atoms with Crippen molar-refractivity contribution in [2.24, 2.45) is 5.92 Å². The molecular weight excluding hydrogens is 338 g/mol. The molecule has 0 aliphatic carbocycles. The molecule has 0 spiro atoms. The summed E-state index contributed by atoms with van der Waals surface area (Å²) in [6.45, 7) is 5.14. The average molecular weight is 365 g/mol. The number of likely N-dealkylation sites (tertiary alicyclic amines) is 1. The summed E-state index contributed by atoms with van der Waals surface area (Å²) in [4.78, 5) is 32.3. The van der Waals surface area contributed by atoms with E-state index in [0.717, 1.165) is 42.2 Å². The van der Waals surface area contributed by atoms with Crippen molar-refractivity contribution < 1.29 is 9.90 Å². The molecule has 1 N–H and O–H groups in total. The number of hydrogen-bond acceptors (Lipinski definition) is 5. The van der Waals surface area contributed by atoms with Crippen LogP contribution in [0.3, 0.4) is 0 Å². The fraction of sp³-hybridized carbons (Fsp3) is 0.722. The highest BCUT2D eigenvalue weighted by Crippen LogP contribution is 2.29. The largest absolute Gasteiger partial charge is 0.396 e. The zero-order chi connectivity index (χ0) is 18.0. The Bertz CT molecular complexity index is 702. The minimum Gasteiger partial charge on any atom is -0.396 e. The van der Waals surface area contributed by atoms with E-state index in [-0.39, 0.29) is 30.0 Å². The Morgan fingerprint density at radius 3 is 2.92 bits per heavy atom. The third-order valence-corrected chi connectivity index (χ3v) is 6.47. The molecule has 1 saturated heterocycles. The number of hydrogen-bond donors (Lipinski definition) is 1. The predicted octanol–water partition coefficient (Wildman–Crippen LogP) is 1.60. The van der Waals surface area contributed by atoms with Gasteiger partial charge in [0, 0.05) is 42.7 Å². The quantitative estimate of drug-likeness (QED) is 0.821. The van der Waals surface area contributed by atoms with Crippen molar-refractivity contribution in [1.29, 1.82) is 0 Å². The summed E-state index contributed by atoms with van der Waals surface area (Å²) < 4.78 is 1.69. The van der Waals surface area contributed by atoms with E-state index >= 15 is 0 Å². The molecule has 25 heavy (non-hydrogen) atoms. The second-order valence-electron chi connectivity index (χ2n) is 6.93. The fourth-order valence-corrected chi connectivity index (χ4v) is 5.04. The van der Waals surface area contributed by atoms with Crippen LogP contribution in [0.4, 0.5) is 0 Å². The van der Waals surface area contributed by atoms with Gasteiger partial charge >= 0.3 is 0 Å². The van der Waals surface area contributed by atoms with Crippen molar-refractivity contribution >= 4 is 17.7 Å². The van der Waals surface area contributed by atoms with Crippen molar-refractivity contribution in [2.75, 3.05) is 18.9 Å². The Morgan fingerprint density at radius 2 is 2.20 bits per heavy atom. The summed E-state index contributed by atoms with van der Waals surface area (Å²) in [6.07, 6.45) is 4.39. The summed E-state index contributed by atoms with van der Waals surface area (Å²) in [5, 5.41) is 10.0. The maximum atomic E-state index is 13.1. The van der Waals surface area contributed by atoms with Gasteiger partial charge in [-0.05, 0) is 39.0 Å². The number of carbonyl (C=O) groups is 1. The molecule has 2 atom stereocenters. The van der Waals surface area contributed by atoms with Crippen LogP contribution < -0.4 is 5.56 Å². The molecule has 1 aromatic rings. The van der Waals surface area contributed by atoms with Crippen LogP contribution in [0.5, 0.6) is 0 Å². The van der Waals surface area contributed by atoms with Gasteiger partial charge in [0.05, 0.1) is 5.92 Å². The number of aryl methyl sites for hydroxylation is 1. The second kappa shape index (κ2) is 7.91. The summed E-state index contributed by atoms with van der Waals surface area (Å²) in [7, 11) is 0. The monoisotopic (exact) mass is 365 g/mol. The van der Waals surface area contributed by atoms with Crippen LogP contribution in [0.2, 0.25) is 0 Å². The number of piperidine rings is 1. The third-order valence-electron chi connectivity index (χ3n) is 5.33. The smallest absolute Gasteiger partial charge is 0.257 e. The van der Waals surface area contributed by atoms with Crippen LogP contribution in [0.1, 0.15) is 43.9 Å². The number of aliphatic hydroxyl groups excluding tert-OH is 1. The number of rotatable bonds is 4. The molecule has 2 aliphatic heterocycles. The second-order valence-corrected chi connectivity index (χ2v) is 7.92. The van der Waals surface area contributed by atoms with Crippen LogP contribution in [0.15, 0.2) is 9.95 Å². The lowest BCUT2D eigenvalue weighted by molar-refractivity contribution is -0.139. The highest BCUT2D eigenvalue weighted by atomic mass is 32.2. The van der Waals surface area contributed by atoms with Crippen LogP contribution in [0.25, 0.3) is 0 Å². The fourth-order valence-electron chi connectivity index (χ4n) is 3.93. The SMILES string of the molecule is CCc1c(C)nc2n(c1=O)CC(C(=O)N1CCCCC1CCO)CS2. The van der Waals surface area contributed by atoms with E-state index < -0.39 is 0 Å². The molecule has 2 aliphatic rings. The number of thioether (sulfide) groups is 1. The molecule has 0 aromatic carbocycles. The molecule has 1 fully saturated rings. The van der Waals surface area contributed by atoms with Gasteiger partial charge in [-0.1, -0.05) is 18.7 Å². The van der Waals surface area contributed by atoms with E-state index in [4.69, 9.17) is 0 Å². The van der Waals surface area contributed by atoms with E-state index in [1.807, 2.05) is 18.7 Å². The van der Waals surface area contributed by atoms with Crippen LogP contribution in [-0.2, 0) is 17.8 Å². The first-order valence-corrected chi connectivity index (χ1v) is 10.2. The van der Waals surface area contributed by atoms with Gasteiger partial charge in [-0.25, -0.2) is 4.98 Å². The maximum absolute atomic E-state index is 13.1. The average Bonchev–Trinajstić information content (AvgIpc) is 2.62. The lowest BCUT2D eigenvalue weighted by atomic mass is 9.97. The van der Waals surface area contributed by atoms with E-state index in [1.54, 1.807) is 4.57 Å². The molecule has 3 heterocycles. The molecule has 138 valence electrons. The first kappa shape index (κ1) is 18.5. The molecule has 7 heteroatoms. The Kier molecular flexibility index (Phi) is 5.84. The zero-order valence-corrected chi connectivity index (χ0v) is 15.8. The Balaban J connectivity index is 1.82. The summed E-state index contributed by atoms with van der Waals surface area (Å²) in [5.74, 6) is 0.601. The number of aliphatic hydroxyl groups is 1. The maximum Gasteiger partial charge on any atom is 0.257 e. The molecule has 0 saturated carbocycles. The Labute approximate surface area is 152 Å². The first-order chi connectivity index (χ1) is 12.1. The summed E-state index contributed by atoms with van der Waals surface area (Å²) in [6, 6.07) is 0.136. The van der Waals surface area contributed by atoms with Crippen molar-refractivity contribution in [2.45, 2.75) is 63.7 Å². The van der Waals surface area contributed by atoms with Crippen LogP contribution in [0, 0.1) is 12.8 Å². The molecule has 0 bridgehead atoms. The topological polar surface area (TPSA) is 75.4 Å². The minimum absolute atomic E-state index is 0.000511. The Morgan fingerprint density at radius 1 is 1.40 bits per heavy atom. The summed E-state index contributed by atoms with van der Waals surface area (Å²) >= 11 is 1.51. The predicted molar refractivity (Wildman–Crippen MR) is 97.9 cm³/mol. The van der Waals surface area contributed by atoms with Gasteiger partial charge in [0.15, 0.2) is 5.16 Å². The Hall–Kier alpha value is -1.34. The minimum atomic E-state index is -0.191. The van der Waals surface area contributed by atoms with Gasteiger partial charge in [0.2, 0.25) is 5.91 Å². The van der Waals surface area contributed by atoms with Crippen LogP contribution >= 0.6 is 11.8 Å². The van der Waals surface area contributed by atoms with Gasteiger partial charge in [-0.2, -0.15) is 0 Å². The van der Waals surface area contributed by atoms with Crippen molar-refractivity contribution in [1.82, 2.24) is 14.5 Å². The lowest BCUT2D eigenvalue weighted by Crippen LogP contribution is -2.49. The van der Waals surface area contributed by atoms with E-state index in [0.29, 0.717) is 25.1 Å². The van der Waals surface area contributed by atoms with Crippen molar-refractivity contribution in [3.8, 4) is 0 Å². The van der Waals surface area contributed by atoms with Gasteiger partial charge in [-0.15, -0.1) is 0 Å². The standard InChI is InChI=1S/C18H27N3O3S/c1-3-15-12(2)19-18-21(17(15)24)10-13(11-25-18)16(23)20-8-5-4-6-14(20)7-9-22/h13-14,22H,3-11H2,1-2H3. The van der Waals surface area contributed by atoms with Gasteiger partial charge in [0.1, 0.15) is 0 Å². The van der Waals surface area contributed by atoms with E-state index in [2.05, 4.69) is 4.98 Å². The molecule has 3 rings (SSSR count). The first-order valence-electron chi connectivity index (χ1n) is 9.21. The molecular formula is C18H27N3O3S. The lowest BCUT2D eigenvalue weighted by Gasteiger charge is -2.38. The molecule has 1 amide bonds. The van der Waals surface area contributed by atoms with Crippen molar-refractivity contribution in [3.05, 3.63) is 21.6 Å². The normalized spacial score (nSPS) is 23.4. The van der Waals surface area contributed by atoms with Gasteiger partial charge < -0.3 is 10.0 Å². The molecule has 0 radical (unpaired) electrons. The molecule has 1 aromatic heterocycles.